The van der Waals surface area contributed by atoms with Gasteiger partial charge in [0.15, 0.2) is 0 Å². The largest absolute Gasteiger partial charge is 0.374 e. The zero-order chi connectivity index (χ0) is 12.3. The van der Waals surface area contributed by atoms with Gasteiger partial charge in [-0.2, -0.15) is 8.78 Å². The Morgan fingerprint density at radius 3 is 2.38 bits per heavy atom. The van der Waals surface area contributed by atoms with E-state index in [9.17, 15) is 8.78 Å². The summed E-state index contributed by atoms with van der Waals surface area (Å²) >= 11 is 0. The van der Waals surface area contributed by atoms with Gasteiger partial charge in [-0.1, -0.05) is 0 Å². The second-order valence-corrected chi connectivity index (χ2v) is 4.59. The SMILES string of the molecule is CC(C)OC(C)[C@@H]1[C@@H](OC(F)F)CCN1C. The summed E-state index contributed by atoms with van der Waals surface area (Å²) in [5.74, 6) is 0. The number of likely N-dealkylation sites (tertiary alicyclic amines) is 1. The molecule has 1 heterocycles. The van der Waals surface area contributed by atoms with Crippen molar-refractivity contribution < 1.29 is 18.3 Å². The molecule has 3 nitrogen and oxygen atoms in total. The summed E-state index contributed by atoms with van der Waals surface area (Å²) in [5.41, 5.74) is 0. The van der Waals surface area contributed by atoms with Crippen LogP contribution in [0.4, 0.5) is 8.78 Å². The Bertz CT molecular complexity index is 214. The van der Waals surface area contributed by atoms with Crippen molar-refractivity contribution in [2.24, 2.45) is 0 Å². The van der Waals surface area contributed by atoms with Crippen LogP contribution in [0.5, 0.6) is 0 Å². The molecule has 5 heteroatoms. The van der Waals surface area contributed by atoms with Gasteiger partial charge in [0.1, 0.15) is 0 Å². The van der Waals surface area contributed by atoms with Gasteiger partial charge in [0.05, 0.1) is 24.4 Å². The van der Waals surface area contributed by atoms with Crippen LogP contribution >= 0.6 is 0 Å². The number of likely N-dealkylation sites (N-methyl/N-ethyl adjacent to an activating group) is 1. The first-order chi connectivity index (χ1) is 7.41. The minimum Gasteiger partial charge on any atom is -0.374 e. The highest BCUT2D eigenvalue weighted by molar-refractivity contribution is 4.90. The average molecular weight is 237 g/mol. The summed E-state index contributed by atoms with van der Waals surface area (Å²) in [5, 5.41) is 0. The maximum absolute atomic E-state index is 12.2. The number of alkyl halides is 2. The number of hydrogen-bond donors (Lipinski definition) is 0. The highest BCUT2D eigenvalue weighted by atomic mass is 19.3. The van der Waals surface area contributed by atoms with Crippen LogP contribution in [0.3, 0.4) is 0 Å². The second-order valence-electron chi connectivity index (χ2n) is 4.59. The summed E-state index contributed by atoms with van der Waals surface area (Å²) in [6, 6.07) is -0.0867. The average Bonchev–Trinajstić information content (AvgIpc) is 2.44. The summed E-state index contributed by atoms with van der Waals surface area (Å²) in [4.78, 5) is 2.03. The van der Waals surface area contributed by atoms with Gasteiger partial charge in [-0.05, 0) is 34.2 Å². The van der Waals surface area contributed by atoms with Gasteiger partial charge in [0.2, 0.25) is 0 Å². The Morgan fingerprint density at radius 2 is 1.88 bits per heavy atom. The normalized spacial score (nSPS) is 29.2. The van der Waals surface area contributed by atoms with E-state index in [0.717, 1.165) is 6.54 Å². The monoisotopic (exact) mass is 237 g/mol. The fourth-order valence-electron chi connectivity index (χ4n) is 2.39. The Hall–Kier alpha value is -0.260. The number of nitrogens with zero attached hydrogens (tertiary/aromatic N) is 1. The number of halogens is 2. The molecule has 1 aliphatic rings. The minimum atomic E-state index is -2.70. The minimum absolute atomic E-state index is 0.0867. The first-order valence-corrected chi connectivity index (χ1v) is 5.71. The third-order valence-electron chi connectivity index (χ3n) is 2.90. The zero-order valence-corrected chi connectivity index (χ0v) is 10.3. The lowest BCUT2D eigenvalue weighted by Crippen LogP contribution is -2.45. The Kier molecular flexibility index (Phi) is 5.08. The van der Waals surface area contributed by atoms with Crippen LogP contribution in [-0.4, -0.2) is 49.5 Å². The molecule has 1 unspecified atom stereocenters. The van der Waals surface area contributed by atoms with Crippen LogP contribution in [0, 0.1) is 0 Å². The van der Waals surface area contributed by atoms with Crippen molar-refractivity contribution in [3.8, 4) is 0 Å². The predicted molar refractivity (Wildman–Crippen MR) is 57.6 cm³/mol. The van der Waals surface area contributed by atoms with Gasteiger partial charge < -0.3 is 9.47 Å². The molecule has 1 saturated heterocycles. The molecule has 0 aromatic rings. The molecule has 1 fully saturated rings. The van der Waals surface area contributed by atoms with E-state index >= 15 is 0 Å². The van der Waals surface area contributed by atoms with Gasteiger partial charge in [0, 0.05) is 6.54 Å². The van der Waals surface area contributed by atoms with Gasteiger partial charge in [-0.3, -0.25) is 4.90 Å². The maximum Gasteiger partial charge on any atom is 0.345 e. The summed E-state index contributed by atoms with van der Waals surface area (Å²) in [7, 11) is 1.92. The zero-order valence-electron chi connectivity index (χ0n) is 10.3. The molecule has 3 atom stereocenters. The van der Waals surface area contributed by atoms with Crippen LogP contribution in [0.15, 0.2) is 0 Å². The van der Waals surface area contributed by atoms with E-state index in [4.69, 9.17) is 4.74 Å². The standard InChI is InChI=1S/C11H21F2NO2/c1-7(2)15-8(3)10-9(16-11(12)13)5-6-14(10)4/h7-11H,5-6H2,1-4H3/t8?,9-,10+/m0/s1. The molecule has 0 saturated carbocycles. The second kappa shape index (κ2) is 5.89. The van der Waals surface area contributed by atoms with Crippen LogP contribution in [-0.2, 0) is 9.47 Å². The topological polar surface area (TPSA) is 21.7 Å². The molecule has 0 aromatic heterocycles. The van der Waals surface area contributed by atoms with Crippen molar-refractivity contribution in [1.82, 2.24) is 4.90 Å². The summed E-state index contributed by atoms with van der Waals surface area (Å²) < 4.78 is 34.8. The molecular weight excluding hydrogens is 216 g/mol. The lowest BCUT2D eigenvalue weighted by molar-refractivity contribution is -0.179. The van der Waals surface area contributed by atoms with Crippen molar-refractivity contribution in [2.75, 3.05) is 13.6 Å². The molecule has 0 amide bonds. The van der Waals surface area contributed by atoms with Gasteiger partial charge in [-0.25, -0.2) is 0 Å². The molecular formula is C11H21F2NO2. The van der Waals surface area contributed by atoms with E-state index in [1.807, 2.05) is 32.7 Å². The van der Waals surface area contributed by atoms with Crippen molar-refractivity contribution >= 4 is 0 Å². The summed E-state index contributed by atoms with van der Waals surface area (Å²) in [6.07, 6.45) is 0.198. The fourth-order valence-corrected chi connectivity index (χ4v) is 2.39. The van der Waals surface area contributed by atoms with Crippen molar-refractivity contribution in [3.63, 3.8) is 0 Å². The molecule has 16 heavy (non-hydrogen) atoms. The van der Waals surface area contributed by atoms with Gasteiger partial charge in [-0.15, -0.1) is 0 Å². The first-order valence-electron chi connectivity index (χ1n) is 5.71. The van der Waals surface area contributed by atoms with Crippen molar-refractivity contribution in [3.05, 3.63) is 0 Å². The molecule has 0 N–H and O–H groups in total. The maximum atomic E-state index is 12.2. The highest BCUT2D eigenvalue weighted by Gasteiger charge is 2.38. The van der Waals surface area contributed by atoms with Crippen LogP contribution in [0.25, 0.3) is 0 Å². The van der Waals surface area contributed by atoms with Crippen molar-refractivity contribution in [1.29, 1.82) is 0 Å². The Labute approximate surface area is 95.7 Å². The summed E-state index contributed by atoms with van der Waals surface area (Å²) in [6.45, 7) is 3.86. The molecule has 0 spiro atoms. The third kappa shape index (κ3) is 3.64. The van der Waals surface area contributed by atoms with E-state index in [1.54, 1.807) is 0 Å². The van der Waals surface area contributed by atoms with Gasteiger partial charge in [0.25, 0.3) is 0 Å². The van der Waals surface area contributed by atoms with E-state index in [0.29, 0.717) is 6.42 Å². The molecule has 0 aromatic carbocycles. The first kappa shape index (κ1) is 13.8. The molecule has 1 rings (SSSR count). The van der Waals surface area contributed by atoms with E-state index in [2.05, 4.69) is 4.74 Å². The van der Waals surface area contributed by atoms with Gasteiger partial charge >= 0.3 is 6.61 Å². The third-order valence-corrected chi connectivity index (χ3v) is 2.90. The van der Waals surface area contributed by atoms with Crippen LogP contribution in [0.1, 0.15) is 27.2 Å². The molecule has 0 radical (unpaired) electrons. The van der Waals surface area contributed by atoms with Crippen LogP contribution in [0.2, 0.25) is 0 Å². The Balaban J connectivity index is 2.58. The van der Waals surface area contributed by atoms with Crippen molar-refractivity contribution in [2.45, 2.75) is 58.2 Å². The van der Waals surface area contributed by atoms with Crippen LogP contribution < -0.4 is 0 Å². The van der Waals surface area contributed by atoms with E-state index in [1.165, 1.54) is 0 Å². The Morgan fingerprint density at radius 1 is 1.25 bits per heavy atom. The molecule has 0 aliphatic carbocycles. The lowest BCUT2D eigenvalue weighted by atomic mass is 10.1. The highest BCUT2D eigenvalue weighted by Crippen LogP contribution is 2.25. The fraction of sp³-hybridized carbons (Fsp3) is 1.00. The van der Waals surface area contributed by atoms with E-state index < -0.39 is 12.7 Å². The smallest absolute Gasteiger partial charge is 0.345 e. The molecule has 96 valence electrons. The van der Waals surface area contributed by atoms with E-state index in [-0.39, 0.29) is 18.2 Å². The number of ether oxygens (including phenoxy) is 2. The lowest BCUT2D eigenvalue weighted by Gasteiger charge is -2.31. The molecule has 0 bridgehead atoms. The molecule has 1 aliphatic heterocycles. The quantitative estimate of drug-likeness (QED) is 0.731. The predicted octanol–water partition coefficient (Wildman–Crippen LogP) is 2.11. The number of rotatable bonds is 5. The number of hydrogen-bond acceptors (Lipinski definition) is 3.